The summed E-state index contributed by atoms with van der Waals surface area (Å²) in [6.45, 7) is 0.280. The van der Waals surface area contributed by atoms with E-state index in [-0.39, 0.29) is 34.6 Å². The van der Waals surface area contributed by atoms with Gasteiger partial charge >= 0.3 is 12.0 Å². The summed E-state index contributed by atoms with van der Waals surface area (Å²) in [5.41, 5.74) is 0.528. The maximum absolute atomic E-state index is 11.8. The van der Waals surface area contributed by atoms with Crippen LogP contribution in [0.15, 0.2) is 18.2 Å². The Morgan fingerprint density at radius 1 is 1.39 bits per heavy atom. The van der Waals surface area contributed by atoms with Crippen molar-refractivity contribution in [2.75, 3.05) is 30.5 Å². The van der Waals surface area contributed by atoms with Crippen molar-refractivity contribution in [2.45, 2.75) is 6.42 Å². The van der Waals surface area contributed by atoms with Gasteiger partial charge in [0.1, 0.15) is 0 Å². The Bertz CT molecular complexity index is 720. The molecule has 0 saturated carbocycles. The lowest BCUT2D eigenvalue weighted by atomic mass is 10.1. The minimum Gasteiger partial charge on any atom is -0.465 e. The molecule has 1 fully saturated rings. The summed E-state index contributed by atoms with van der Waals surface area (Å²) in [7, 11) is -1.73. The summed E-state index contributed by atoms with van der Waals surface area (Å²) in [5.74, 6) is -0.404. The van der Waals surface area contributed by atoms with Gasteiger partial charge in [-0.3, -0.25) is 0 Å². The Morgan fingerprint density at radius 2 is 2.13 bits per heavy atom. The van der Waals surface area contributed by atoms with Gasteiger partial charge in [-0.2, -0.15) is 0 Å². The second kappa shape index (κ2) is 7.18. The van der Waals surface area contributed by atoms with Crippen LogP contribution in [0.5, 0.6) is 0 Å². The molecular formula is C14H17ClN2O5S. The average molecular weight is 361 g/mol. The van der Waals surface area contributed by atoms with Crippen LogP contribution in [0.3, 0.4) is 0 Å². The minimum atomic E-state index is -2.96. The van der Waals surface area contributed by atoms with E-state index in [2.05, 4.69) is 15.4 Å². The van der Waals surface area contributed by atoms with Crippen molar-refractivity contribution < 1.29 is 22.7 Å². The Labute approximate surface area is 139 Å². The van der Waals surface area contributed by atoms with Gasteiger partial charge < -0.3 is 15.4 Å². The van der Waals surface area contributed by atoms with E-state index in [9.17, 15) is 18.0 Å². The first kappa shape index (κ1) is 17.6. The van der Waals surface area contributed by atoms with Gasteiger partial charge in [0.05, 0.1) is 29.2 Å². The zero-order valence-electron chi connectivity index (χ0n) is 12.5. The summed E-state index contributed by atoms with van der Waals surface area (Å²) >= 11 is 5.89. The van der Waals surface area contributed by atoms with Crippen molar-refractivity contribution in [2.24, 2.45) is 5.92 Å². The number of halogens is 1. The minimum absolute atomic E-state index is 0.0680. The molecule has 0 bridgehead atoms. The van der Waals surface area contributed by atoms with Crippen molar-refractivity contribution in [3.63, 3.8) is 0 Å². The highest BCUT2D eigenvalue weighted by atomic mass is 35.5. The number of sulfone groups is 1. The van der Waals surface area contributed by atoms with E-state index in [0.29, 0.717) is 12.1 Å². The van der Waals surface area contributed by atoms with Crippen molar-refractivity contribution in [3.05, 3.63) is 28.8 Å². The third-order valence-electron chi connectivity index (χ3n) is 3.51. The van der Waals surface area contributed by atoms with Gasteiger partial charge in [-0.15, -0.1) is 0 Å². The molecule has 2 N–H and O–H groups in total. The number of anilines is 1. The van der Waals surface area contributed by atoms with Crippen LogP contribution in [-0.4, -0.2) is 45.6 Å². The first-order valence-electron chi connectivity index (χ1n) is 6.94. The molecule has 0 aliphatic carbocycles. The van der Waals surface area contributed by atoms with Crippen LogP contribution >= 0.6 is 11.6 Å². The number of nitrogens with one attached hydrogen (secondary N) is 2. The molecule has 7 nitrogen and oxygen atoms in total. The van der Waals surface area contributed by atoms with Gasteiger partial charge in [-0.25, -0.2) is 18.0 Å². The summed E-state index contributed by atoms with van der Waals surface area (Å²) in [4.78, 5) is 23.4. The van der Waals surface area contributed by atoms with Crippen LogP contribution in [0, 0.1) is 5.92 Å². The SMILES string of the molecule is COC(=O)c1cc(NC(=O)NC[C@H]2CCS(=O)(=O)C2)ccc1Cl. The van der Waals surface area contributed by atoms with Crippen LogP contribution in [-0.2, 0) is 14.6 Å². The predicted molar refractivity (Wildman–Crippen MR) is 86.6 cm³/mol. The number of carbonyl (C=O) groups is 2. The van der Waals surface area contributed by atoms with E-state index in [1.54, 1.807) is 6.07 Å². The summed E-state index contributed by atoms with van der Waals surface area (Å²) in [6.07, 6.45) is 0.552. The normalized spacial score (nSPS) is 19.1. The van der Waals surface area contributed by atoms with Crippen LogP contribution in [0.2, 0.25) is 5.02 Å². The van der Waals surface area contributed by atoms with Crippen LogP contribution < -0.4 is 10.6 Å². The molecular weight excluding hydrogens is 344 g/mol. The number of amides is 2. The molecule has 1 heterocycles. The maximum atomic E-state index is 11.8. The molecule has 1 saturated heterocycles. The van der Waals surface area contributed by atoms with E-state index < -0.39 is 21.8 Å². The molecule has 0 spiro atoms. The first-order chi connectivity index (χ1) is 10.8. The van der Waals surface area contributed by atoms with Crippen LogP contribution in [0.4, 0.5) is 10.5 Å². The fourth-order valence-electron chi connectivity index (χ4n) is 2.31. The van der Waals surface area contributed by atoms with Gasteiger partial charge in [0.15, 0.2) is 9.84 Å². The Morgan fingerprint density at radius 3 is 2.74 bits per heavy atom. The Balaban J connectivity index is 1.92. The lowest BCUT2D eigenvalue weighted by Crippen LogP contribution is -2.33. The predicted octanol–water partition coefficient (Wildman–Crippen LogP) is 1.68. The maximum Gasteiger partial charge on any atom is 0.339 e. The second-order valence-corrected chi connectivity index (χ2v) is 7.93. The molecule has 2 rings (SSSR count). The lowest BCUT2D eigenvalue weighted by Gasteiger charge is -2.12. The number of hydrogen-bond acceptors (Lipinski definition) is 5. The smallest absolute Gasteiger partial charge is 0.339 e. The molecule has 1 aromatic rings. The van der Waals surface area contributed by atoms with E-state index in [4.69, 9.17) is 11.6 Å². The Hall–Kier alpha value is -1.80. The number of methoxy groups -OCH3 is 1. The largest absolute Gasteiger partial charge is 0.465 e. The molecule has 23 heavy (non-hydrogen) atoms. The van der Waals surface area contributed by atoms with Crippen molar-refractivity contribution in [1.29, 1.82) is 0 Å². The fourth-order valence-corrected chi connectivity index (χ4v) is 4.37. The lowest BCUT2D eigenvalue weighted by molar-refractivity contribution is 0.0601. The van der Waals surface area contributed by atoms with E-state index in [1.165, 1.54) is 19.2 Å². The van der Waals surface area contributed by atoms with Gasteiger partial charge in [-0.05, 0) is 30.5 Å². The topological polar surface area (TPSA) is 102 Å². The van der Waals surface area contributed by atoms with E-state index >= 15 is 0 Å². The average Bonchev–Trinajstić information content (AvgIpc) is 2.85. The molecule has 9 heteroatoms. The van der Waals surface area contributed by atoms with Gasteiger partial charge in [0.25, 0.3) is 0 Å². The second-order valence-electron chi connectivity index (χ2n) is 5.29. The van der Waals surface area contributed by atoms with Crippen molar-refractivity contribution in [1.82, 2.24) is 5.32 Å². The van der Waals surface area contributed by atoms with Crippen LogP contribution in [0.25, 0.3) is 0 Å². The molecule has 1 aliphatic rings. The van der Waals surface area contributed by atoms with Crippen LogP contribution in [0.1, 0.15) is 16.8 Å². The first-order valence-corrected chi connectivity index (χ1v) is 9.14. The fraction of sp³-hybridized carbons (Fsp3) is 0.429. The third-order valence-corrected chi connectivity index (χ3v) is 5.67. The van der Waals surface area contributed by atoms with Gasteiger partial charge in [0.2, 0.25) is 0 Å². The highest BCUT2D eigenvalue weighted by Crippen LogP contribution is 2.21. The molecule has 1 aromatic carbocycles. The third kappa shape index (κ3) is 4.84. The number of rotatable bonds is 4. The monoisotopic (exact) mass is 360 g/mol. The standard InChI is InChI=1S/C14H17ClN2O5S/c1-22-13(18)11-6-10(2-3-12(11)15)17-14(19)16-7-9-4-5-23(20,21)8-9/h2-3,6,9H,4-5,7-8H2,1H3,(H2,16,17,19)/t9-/m1/s1. The highest BCUT2D eigenvalue weighted by molar-refractivity contribution is 7.91. The quantitative estimate of drug-likeness (QED) is 0.795. The zero-order chi connectivity index (χ0) is 17.0. The summed E-state index contributed by atoms with van der Waals surface area (Å²) < 4.78 is 27.3. The number of esters is 1. The molecule has 126 valence electrons. The van der Waals surface area contributed by atoms with Crippen molar-refractivity contribution >= 4 is 39.1 Å². The highest BCUT2D eigenvalue weighted by Gasteiger charge is 2.27. The molecule has 1 atom stereocenters. The molecule has 0 radical (unpaired) electrons. The number of urea groups is 1. The van der Waals surface area contributed by atoms with Gasteiger partial charge in [0, 0.05) is 12.2 Å². The van der Waals surface area contributed by atoms with Gasteiger partial charge in [-0.1, -0.05) is 11.6 Å². The zero-order valence-corrected chi connectivity index (χ0v) is 14.0. The molecule has 2 amide bonds. The summed E-state index contributed by atoms with van der Waals surface area (Å²) in [5, 5.41) is 5.41. The number of carbonyl (C=O) groups excluding carboxylic acids is 2. The summed E-state index contributed by atoms with van der Waals surface area (Å²) in [6, 6.07) is 3.96. The molecule has 0 aromatic heterocycles. The van der Waals surface area contributed by atoms with E-state index in [0.717, 1.165) is 0 Å². The Kier molecular flexibility index (Phi) is 5.48. The molecule has 0 unspecified atom stereocenters. The number of hydrogen-bond donors (Lipinski definition) is 2. The number of ether oxygens (including phenoxy) is 1. The van der Waals surface area contributed by atoms with Crippen molar-refractivity contribution in [3.8, 4) is 0 Å². The van der Waals surface area contributed by atoms with E-state index in [1.807, 2.05) is 0 Å². The molecule has 1 aliphatic heterocycles. The number of benzene rings is 1.